The number of H-pyrrole nitrogens is 1. The smallest absolute Gasteiger partial charge is 0.246 e. The van der Waals surface area contributed by atoms with Crippen molar-refractivity contribution in [3.8, 4) is 5.75 Å². The summed E-state index contributed by atoms with van der Waals surface area (Å²) >= 11 is 0. The quantitative estimate of drug-likeness (QED) is 0.242. The number of hydrogen-bond donors (Lipinski definition) is 4. The number of nitrogens with two attached hydrogens (primary N) is 1. The second-order valence-electron chi connectivity index (χ2n) is 9.30. The Kier molecular flexibility index (Phi) is 9.65. The number of aromatic amines is 1. The lowest BCUT2D eigenvalue weighted by Gasteiger charge is -2.19. The lowest BCUT2D eigenvalue weighted by molar-refractivity contribution is -0.126. The maximum atomic E-state index is 13.2. The van der Waals surface area contributed by atoms with Gasteiger partial charge in [-0.2, -0.15) is 0 Å². The second-order valence-corrected chi connectivity index (χ2v) is 10.9. The highest BCUT2D eigenvalue weighted by molar-refractivity contribution is 7.89. The number of rotatable bonds is 13. The number of Topliss-reactive ketones (excluding diaryl/α,β-unsaturated/α-hetero) is 1. The Morgan fingerprint density at radius 3 is 2.53 bits per heavy atom. The largest absolute Gasteiger partial charge is 0.497 e. The number of aromatic nitrogens is 1. The molecule has 38 heavy (non-hydrogen) atoms. The number of hydrogen-bond acceptors (Lipinski definition) is 6. The van der Waals surface area contributed by atoms with Crippen molar-refractivity contribution in [1.29, 1.82) is 0 Å². The first kappa shape index (κ1) is 28.9. The molecule has 0 aliphatic rings. The van der Waals surface area contributed by atoms with Gasteiger partial charge >= 0.3 is 0 Å². The Morgan fingerprint density at radius 2 is 1.84 bits per heavy atom. The van der Waals surface area contributed by atoms with E-state index in [9.17, 15) is 22.8 Å². The van der Waals surface area contributed by atoms with Crippen LogP contribution in [0.15, 0.2) is 47.4 Å². The third-order valence-electron chi connectivity index (χ3n) is 6.27. The Morgan fingerprint density at radius 1 is 1.08 bits per heavy atom. The average molecular weight is 543 g/mol. The summed E-state index contributed by atoms with van der Waals surface area (Å²) in [5, 5.41) is 11.6. The summed E-state index contributed by atoms with van der Waals surface area (Å²) in [6.45, 7) is 3.42. The number of primary sulfonamides is 1. The fourth-order valence-corrected chi connectivity index (χ4v) is 4.83. The average Bonchev–Trinajstić information content (AvgIpc) is 3.16. The third-order valence-corrected chi connectivity index (χ3v) is 7.18. The molecule has 2 amide bonds. The van der Waals surface area contributed by atoms with Gasteiger partial charge in [0.05, 0.1) is 18.4 Å². The van der Waals surface area contributed by atoms with E-state index in [1.54, 1.807) is 13.2 Å². The number of ketones is 1. The summed E-state index contributed by atoms with van der Waals surface area (Å²) in [6, 6.07) is 10.3. The molecule has 0 radical (unpaired) electrons. The molecule has 0 aliphatic carbocycles. The van der Waals surface area contributed by atoms with Crippen LogP contribution in [0, 0.1) is 6.92 Å². The summed E-state index contributed by atoms with van der Waals surface area (Å²) < 4.78 is 28.7. The highest BCUT2D eigenvalue weighted by Gasteiger charge is 2.23. The van der Waals surface area contributed by atoms with E-state index in [1.165, 1.54) is 25.1 Å². The van der Waals surface area contributed by atoms with Crippen LogP contribution in [-0.2, 0) is 30.8 Å². The molecule has 0 saturated carbocycles. The number of sulfonamides is 1. The minimum atomic E-state index is -3.94. The number of aryl methyl sites for hydroxylation is 1. The lowest BCUT2D eigenvalue weighted by Crippen LogP contribution is -2.44. The second kappa shape index (κ2) is 12.7. The van der Waals surface area contributed by atoms with Crippen molar-refractivity contribution in [2.75, 3.05) is 12.4 Å². The molecule has 3 rings (SSSR count). The van der Waals surface area contributed by atoms with Gasteiger partial charge in [-0.25, -0.2) is 13.6 Å². The number of benzene rings is 2. The van der Waals surface area contributed by atoms with Crippen molar-refractivity contribution in [3.05, 3.63) is 53.7 Å². The zero-order chi connectivity index (χ0) is 27.9. The van der Waals surface area contributed by atoms with Crippen molar-refractivity contribution in [1.82, 2.24) is 10.3 Å². The van der Waals surface area contributed by atoms with Crippen LogP contribution in [0.5, 0.6) is 5.75 Å². The molecule has 11 heteroatoms. The molecule has 10 nitrogen and oxygen atoms in total. The van der Waals surface area contributed by atoms with Crippen molar-refractivity contribution in [3.63, 3.8) is 0 Å². The van der Waals surface area contributed by atoms with E-state index in [4.69, 9.17) is 9.88 Å². The van der Waals surface area contributed by atoms with Gasteiger partial charge in [-0.15, -0.1) is 0 Å². The van der Waals surface area contributed by atoms with Crippen LogP contribution in [0.25, 0.3) is 10.9 Å². The fourth-order valence-electron chi connectivity index (χ4n) is 4.27. The van der Waals surface area contributed by atoms with Crippen LogP contribution < -0.4 is 20.5 Å². The van der Waals surface area contributed by atoms with E-state index in [-0.39, 0.29) is 28.7 Å². The SMILES string of the molecule is COc1ccc2[nH]c(C)c(CC(=O)NC(CCCCCC(C)=O)C(=O)Nc3cccc(S(N)(=O)=O)c3)c2c1. The van der Waals surface area contributed by atoms with Crippen LogP contribution in [0.1, 0.15) is 50.3 Å². The van der Waals surface area contributed by atoms with Gasteiger partial charge in [0.2, 0.25) is 21.8 Å². The Labute approximate surface area is 222 Å². The number of nitrogens with one attached hydrogen (secondary N) is 3. The molecule has 2 aromatic carbocycles. The molecule has 5 N–H and O–H groups in total. The normalized spacial score (nSPS) is 12.2. The van der Waals surface area contributed by atoms with Gasteiger partial charge in [-0.1, -0.05) is 18.9 Å². The molecule has 0 spiro atoms. The summed E-state index contributed by atoms with van der Waals surface area (Å²) in [7, 11) is -2.37. The first-order valence-corrected chi connectivity index (χ1v) is 13.9. The molecule has 1 atom stereocenters. The van der Waals surface area contributed by atoms with Crippen molar-refractivity contribution < 1.29 is 27.5 Å². The molecule has 0 saturated heterocycles. The minimum absolute atomic E-state index is 0.0496. The number of fused-ring (bicyclic) bond motifs is 1. The van der Waals surface area contributed by atoms with Gasteiger partial charge in [-0.05, 0) is 68.7 Å². The summed E-state index contributed by atoms with van der Waals surface area (Å²) in [5.74, 6) is -0.0384. The van der Waals surface area contributed by atoms with Gasteiger partial charge in [0.25, 0.3) is 0 Å². The monoisotopic (exact) mass is 542 g/mol. The summed E-state index contributed by atoms with van der Waals surface area (Å²) in [5.41, 5.74) is 2.77. The standard InChI is InChI=1S/C27H34N4O6S/c1-17(32)8-5-4-6-11-25(27(34)30-19-9-7-10-21(14-19)38(28,35)36)31-26(33)16-22-18(2)29-24-13-12-20(37-3)15-23(22)24/h7,9-10,12-15,25,29H,4-6,8,11,16H2,1-3H3,(H,30,34)(H,31,33)(H2,28,35,36). The molecule has 0 aliphatic heterocycles. The van der Waals surface area contributed by atoms with Gasteiger partial charge in [0.15, 0.2) is 0 Å². The number of anilines is 1. The first-order valence-electron chi connectivity index (χ1n) is 12.4. The van der Waals surface area contributed by atoms with Crippen molar-refractivity contribution >= 4 is 44.2 Å². The predicted molar refractivity (Wildman–Crippen MR) is 145 cm³/mol. The first-order chi connectivity index (χ1) is 18.0. The molecule has 204 valence electrons. The van der Waals surface area contributed by atoms with E-state index in [0.717, 1.165) is 28.6 Å². The molecule has 1 unspecified atom stereocenters. The topological polar surface area (TPSA) is 160 Å². The van der Waals surface area contributed by atoms with E-state index in [2.05, 4.69) is 15.6 Å². The number of amides is 2. The third kappa shape index (κ3) is 7.90. The molecule has 0 fully saturated rings. The van der Waals surface area contributed by atoms with Gasteiger partial charge in [0, 0.05) is 28.7 Å². The maximum Gasteiger partial charge on any atom is 0.246 e. The van der Waals surface area contributed by atoms with Crippen LogP contribution in [-0.4, -0.2) is 44.2 Å². The van der Waals surface area contributed by atoms with Crippen molar-refractivity contribution in [2.45, 2.75) is 63.3 Å². The van der Waals surface area contributed by atoms with Gasteiger partial charge in [0.1, 0.15) is 17.6 Å². The fraction of sp³-hybridized carbons (Fsp3) is 0.370. The Bertz CT molecular complexity index is 1430. The molecule has 0 bridgehead atoms. The number of carbonyl (C=O) groups is 3. The number of unbranched alkanes of at least 4 members (excludes halogenated alkanes) is 2. The maximum absolute atomic E-state index is 13.2. The molecular formula is C27H34N4O6S. The van der Waals surface area contributed by atoms with Crippen molar-refractivity contribution in [2.24, 2.45) is 5.14 Å². The molecular weight excluding hydrogens is 508 g/mol. The van der Waals surface area contributed by atoms with Crippen LogP contribution >= 0.6 is 0 Å². The van der Waals surface area contributed by atoms with Crippen LogP contribution in [0.4, 0.5) is 5.69 Å². The zero-order valence-corrected chi connectivity index (χ0v) is 22.6. The zero-order valence-electron chi connectivity index (χ0n) is 21.8. The molecule has 1 heterocycles. The highest BCUT2D eigenvalue weighted by atomic mass is 32.2. The van der Waals surface area contributed by atoms with E-state index in [1.807, 2.05) is 25.1 Å². The van der Waals surface area contributed by atoms with E-state index < -0.39 is 22.0 Å². The van der Waals surface area contributed by atoms with Gasteiger partial charge < -0.3 is 25.1 Å². The summed E-state index contributed by atoms with van der Waals surface area (Å²) in [6.07, 6.45) is 2.91. The Balaban J connectivity index is 1.75. The predicted octanol–water partition coefficient (Wildman–Crippen LogP) is 3.34. The number of methoxy groups -OCH3 is 1. The minimum Gasteiger partial charge on any atom is -0.497 e. The number of ether oxygens (including phenoxy) is 1. The lowest BCUT2D eigenvalue weighted by atomic mass is 10.0. The molecule has 1 aromatic heterocycles. The van der Waals surface area contributed by atoms with Crippen LogP contribution in [0.2, 0.25) is 0 Å². The van der Waals surface area contributed by atoms with E-state index in [0.29, 0.717) is 31.4 Å². The highest BCUT2D eigenvalue weighted by Crippen LogP contribution is 2.27. The van der Waals surface area contributed by atoms with Gasteiger partial charge in [-0.3, -0.25) is 9.59 Å². The van der Waals surface area contributed by atoms with E-state index >= 15 is 0 Å². The summed E-state index contributed by atoms with van der Waals surface area (Å²) in [4.78, 5) is 40.6. The van der Waals surface area contributed by atoms with Crippen LogP contribution in [0.3, 0.4) is 0 Å². The Hall–Kier alpha value is -3.70. The number of carbonyl (C=O) groups excluding carboxylic acids is 3. The molecule has 3 aromatic rings.